The Hall–Kier alpha value is -4.53. The Balaban J connectivity index is 2.81. The van der Waals surface area contributed by atoms with E-state index in [0.29, 0.717) is 12.0 Å². The Morgan fingerprint density at radius 2 is 1.43 bits per heavy atom. The van der Waals surface area contributed by atoms with E-state index in [4.69, 9.17) is 16.6 Å². The van der Waals surface area contributed by atoms with Crippen LogP contribution in [0.1, 0.15) is 46.1 Å². The van der Waals surface area contributed by atoms with Gasteiger partial charge in [-0.25, -0.2) is 0 Å². The molecule has 0 fully saturated rings. The molecule has 6 atom stereocenters. The van der Waals surface area contributed by atoms with Crippen LogP contribution in [0.4, 0.5) is 0 Å². The average molecular weight is 592 g/mol. The van der Waals surface area contributed by atoms with Crippen molar-refractivity contribution in [3.8, 4) is 0 Å². The number of hydrogen-bond donors (Lipinski definition) is 8. The van der Waals surface area contributed by atoms with Gasteiger partial charge in [0.15, 0.2) is 0 Å². The third kappa shape index (κ3) is 12.3. The molecular weight excluding hydrogens is 550 g/mol. The highest BCUT2D eigenvalue weighted by Crippen LogP contribution is 2.09. The number of hydrogen-bond acceptors (Lipinski definition) is 8. The zero-order valence-electron chi connectivity index (χ0n) is 24.1. The zero-order valence-corrected chi connectivity index (χ0v) is 24.1. The number of primary amides is 1. The van der Waals surface area contributed by atoms with Gasteiger partial charge in [0.2, 0.25) is 35.4 Å². The van der Waals surface area contributed by atoms with Crippen molar-refractivity contribution in [2.24, 2.45) is 17.4 Å². The fraction of sp³-hybridized carbons (Fsp3) is 0.519. The Morgan fingerprint density at radius 3 is 1.98 bits per heavy atom. The minimum absolute atomic E-state index is 0.0572. The molecule has 0 spiro atoms. The van der Waals surface area contributed by atoms with Crippen molar-refractivity contribution in [1.29, 1.82) is 0 Å². The van der Waals surface area contributed by atoms with Crippen molar-refractivity contribution in [3.05, 3.63) is 35.9 Å². The standard InChI is InChI=1S/C27H41N7O8/c1-5-14(2)22(26(40)32-16(4)27(41)42)34-23(37)15(3)31-21(36)13-30-25(39)19(11-17-9-7-6-8-10-17)33-24(38)18(28)12-20(29)35/h6-10,14-16,18-19,22H,5,11-13,28H2,1-4H3,(H2,29,35)(H,30,39)(H,31,36)(H,32,40)(H,33,38)(H,34,37)(H,41,42)/t14-,15-,16-,18-,19-,22-/m0/s1. The lowest BCUT2D eigenvalue weighted by Crippen LogP contribution is -2.57. The Morgan fingerprint density at radius 1 is 0.810 bits per heavy atom. The molecule has 0 saturated heterocycles. The van der Waals surface area contributed by atoms with E-state index >= 15 is 0 Å². The highest BCUT2D eigenvalue weighted by atomic mass is 16.4. The van der Waals surface area contributed by atoms with Crippen LogP contribution in [-0.2, 0) is 40.0 Å². The summed E-state index contributed by atoms with van der Waals surface area (Å²) in [6, 6.07) is 2.98. The largest absolute Gasteiger partial charge is 0.480 e. The Labute approximate surface area is 243 Å². The van der Waals surface area contributed by atoms with Gasteiger partial charge in [0.05, 0.1) is 19.0 Å². The van der Waals surface area contributed by atoms with E-state index in [-0.39, 0.29) is 12.3 Å². The molecule has 1 aromatic rings. The lowest BCUT2D eigenvalue weighted by Gasteiger charge is -2.26. The summed E-state index contributed by atoms with van der Waals surface area (Å²) in [5.74, 6) is -5.97. The second-order valence-electron chi connectivity index (χ2n) is 9.98. The lowest BCUT2D eigenvalue weighted by atomic mass is 9.97. The minimum atomic E-state index is -1.27. The van der Waals surface area contributed by atoms with Crippen molar-refractivity contribution in [3.63, 3.8) is 0 Å². The molecule has 1 aromatic carbocycles. The van der Waals surface area contributed by atoms with Crippen molar-refractivity contribution in [2.45, 2.75) is 77.2 Å². The normalized spacial score (nSPS) is 15.0. The van der Waals surface area contributed by atoms with E-state index in [1.54, 1.807) is 44.2 Å². The van der Waals surface area contributed by atoms with Gasteiger partial charge in [0.25, 0.3) is 0 Å². The van der Waals surface area contributed by atoms with Gasteiger partial charge >= 0.3 is 5.97 Å². The maximum absolute atomic E-state index is 12.9. The first-order chi connectivity index (χ1) is 19.7. The van der Waals surface area contributed by atoms with Crippen LogP contribution in [0.5, 0.6) is 0 Å². The summed E-state index contributed by atoms with van der Waals surface area (Å²) in [7, 11) is 0. The molecule has 0 aliphatic heterocycles. The highest BCUT2D eigenvalue weighted by molar-refractivity contribution is 5.95. The van der Waals surface area contributed by atoms with E-state index < -0.39 is 84.6 Å². The first kappa shape index (κ1) is 35.5. The van der Waals surface area contributed by atoms with E-state index in [9.17, 15) is 33.6 Å². The summed E-state index contributed by atoms with van der Waals surface area (Å²) in [4.78, 5) is 85.4. The smallest absolute Gasteiger partial charge is 0.325 e. The maximum Gasteiger partial charge on any atom is 0.325 e. The molecule has 42 heavy (non-hydrogen) atoms. The van der Waals surface area contributed by atoms with Crippen LogP contribution in [0.15, 0.2) is 30.3 Å². The van der Waals surface area contributed by atoms with Crippen LogP contribution in [0, 0.1) is 5.92 Å². The summed E-state index contributed by atoms with van der Waals surface area (Å²) < 4.78 is 0. The second kappa shape index (κ2) is 17.3. The van der Waals surface area contributed by atoms with Gasteiger partial charge < -0.3 is 43.2 Å². The van der Waals surface area contributed by atoms with Crippen LogP contribution in [-0.4, -0.2) is 83.3 Å². The first-order valence-electron chi connectivity index (χ1n) is 13.4. The van der Waals surface area contributed by atoms with Crippen molar-refractivity contribution in [2.75, 3.05) is 6.54 Å². The molecule has 232 valence electrons. The molecule has 0 aliphatic carbocycles. The number of nitrogens with two attached hydrogens (primary N) is 2. The van der Waals surface area contributed by atoms with E-state index in [2.05, 4.69) is 26.6 Å². The summed E-state index contributed by atoms with van der Waals surface area (Å²) in [5.41, 5.74) is 11.5. The van der Waals surface area contributed by atoms with E-state index in [0.717, 1.165) is 0 Å². The number of amides is 6. The topological polar surface area (TPSA) is 252 Å². The number of benzene rings is 1. The first-order valence-corrected chi connectivity index (χ1v) is 13.4. The fourth-order valence-corrected chi connectivity index (χ4v) is 3.64. The average Bonchev–Trinajstić information content (AvgIpc) is 2.93. The summed E-state index contributed by atoms with van der Waals surface area (Å²) in [5, 5.41) is 21.2. The van der Waals surface area contributed by atoms with Gasteiger partial charge in [0.1, 0.15) is 24.2 Å². The number of nitrogens with one attached hydrogen (secondary N) is 5. The third-order valence-electron chi connectivity index (χ3n) is 6.39. The van der Waals surface area contributed by atoms with Crippen LogP contribution >= 0.6 is 0 Å². The van der Waals surface area contributed by atoms with Gasteiger partial charge in [-0.3, -0.25) is 33.6 Å². The monoisotopic (exact) mass is 591 g/mol. The van der Waals surface area contributed by atoms with Crippen molar-refractivity contribution < 1.29 is 38.7 Å². The molecule has 0 aromatic heterocycles. The molecule has 15 heteroatoms. The molecule has 0 saturated carbocycles. The molecule has 0 heterocycles. The van der Waals surface area contributed by atoms with Crippen LogP contribution in [0.3, 0.4) is 0 Å². The molecule has 0 bridgehead atoms. The van der Waals surface area contributed by atoms with Crippen molar-refractivity contribution in [1.82, 2.24) is 26.6 Å². The molecule has 1 rings (SSSR count). The summed E-state index contributed by atoms with van der Waals surface area (Å²) in [6.45, 7) is 5.62. The van der Waals surface area contributed by atoms with Crippen molar-refractivity contribution >= 4 is 41.4 Å². The maximum atomic E-state index is 12.9. The van der Waals surface area contributed by atoms with Gasteiger partial charge in [-0.05, 0) is 25.3 Å². The predicted molar refractivity (Wildman–Crippen MR) is 151 cm³/mol. The number of carboxylic acids is 1. The second-order valence-corrected chi connectivity index (χ2v) is 9.98. The molecule has 10 N–H and O–H groups in total. The lowest BCUT2D eigenvalue weighted by molar-refractivity contribution is -0.142. The van der Waals surface area contributed by atoms with Gasteiger partial charge in [-0.1, -0.05) is 50.6 Å². The quantitative estimate of drug-likeness (QED) is 0.0964. The van der Waals surface area contributed by atoms with Crippen LogP contribution in [0.25, 0.3) is 0 Å². The molecule has 0 unspecified atom stereocenters. The van der Waals surface area contributed by atoms with Gasteiger partial charge in [0, 0.05) is 6.42 Å². The number of carbonyl (C=O) groups is 7. The Kier molecular flexibility index (Phi) is 14.6. The summed E-state index contributed by atoms with van der Waals surface area (Å²) >= 11 is 0. The number of aliphatic carboxylic acids is 1. The van der Waals surface area contributed by atoms with Gasteiger partial charge in [-0.15, -0.1) is 0 Å². The molecular formula is C27H41N7O8. The number of carboxylic acid groups (broad SMARTS) is 1. The zero-order chi connectivity index (χ0) is 32.0. The van der Waals surface area contributed by atoms with E-state index in [1.807, 2.05) is 0 Å². The van der Waals surface area contributed by atoms with Crippen LogP contribution in [0.2, 0.25) is 0 Å². The highest BCUT2D eigenvalue weighted by Gasteiger charge is 2.30. The third-order valence-corrected chi connectivity index (χ3v) is 6.39. The fourth-order valence-electron chi connectivity index (χ4n) is 3.64. The van der Waals surface area contributed by atoms with Crippen LogP contribution < -0.4 is 38.1 Å². The molecule has 15 nitrogen and oxygen atoms in total. The van der Waals surface area contributed by atoms with Gasteiger partial charge in [-0.2, -0.15) is 0 Å². The Bertz CT molecular complexity index is 1130. The molecule has 0 aliphatic rings. The minimum Gasteiger partial charge on any atom is -0.480 e. The SMILES string of the molecule is CC[C@H](C)[C@H](NC(=O)[C@H](C)NC(=O)CNC(=O)[C@H](Cc1ccccc1)NC(=O)[C@@H](N)CC(N)=O)C(=O)N[C@@H](C)C(=O)O. The summed E-state index contributed by atoms with van der Waals surface area (Å²) in [6.07, 6.45) is 0.133. The van der Waals surface area contributed by atoms with E-state index in [1.165, 1.54) is 13.8 Å². The molecule has 6 amide bonds. The molecule has 0 radical (unpaired) electrons. The number of carbonyl (C=O) groups excluding carboxylic acids is 6. The number of rotatable bonds is 17. The predicted octanol–water partition coefficient (Wildman–Crippen LogP) is -2.34.